The molecular weight excluding hydrogens is 567 g/mol. The number of hydrogen-bond donors (Lipinski definition) is 0. The molecule has 0 saturated carbocycles. The van der Waals surface area contributed by atoms with Crippen molar-refractivity contribution in [2.24, 2.45) is 0 Å². The van der Waals surface area contributed by atoms with Gasteiger partial charge in [0, 0.05) is 17.1 Å². The van der Waals surface area contributed by atoms with Gasteiger partial charge in [0.2, 0.25) is 0 Å². The Morgan fingerprint density at radius 2 is 0.553 bits per heavy atom. The van der Waals surface area contributed by atoms with Gasteiger partial charge in [0.05, 0.1) is 8.22 Å². The Morgan fingerprint density at radius 3 is 0.894 bits per heavy atom. The first-order chi connectivity index (χ1) is 25.8. The molecule has 1 nitrogen and oxygen atoms in total. The molecule has 0 heterocycles. The van der Waals surface area contributed by atoms with Crippen molar-refractivity contribution in [2.45, 2.75) is 0 Å². The van der Waals surface area contributed by atoms with Crippen LogP contribution in [-0.4, -0.2) is 0 Å². The fraction of sp³-hybridized carbons (Fsp3) is 0. The minimum Gasteiger partial charge on any atom is -0.311 e. The first-order valence-corrected chi connectivity index (χ1v) is 15.6. The largest absolute Gasteiger partial charge is 0.311 e. The molecule has 0 bridgehead atoms. The predicted molar refractivity (Wildman–Crippen MR) is 200 cm³/mol. The molecule has 47 heavy (non-hydrogen) atoms. The average molecular weight is 606 g/mol. The fourth-order valence-electron chi connectivity index (χ4n) is 5.86. The molecular formula is C46H33N. The summed E-state index contributed by atoms with van der Waals surface area (Å²) in [5.74, 6) is 0. The summed E-state index contributed by atoms with van der Waals surface area (Å²) < 4.78 is 54.0. The average Bonchev–Trinajstić information content (AvgIpc) is 3.21. The lowest BCUT2D eigenvalue weighted by molar-refractivity contribution is 1.28. The molecule has 0 aromatic heterocycles. The lowest BCUT2D eigenvalue weighted by Gasteiger charge is -2.26. The van der Waals surface area contributed by atoms with Gasteiger partial charge in [-0.05, 0) is 104 Å². The van der Waals surface area contributed by atoms with Gasteiger partial charge in [-0.15, -0.1) is 0 Å². The van der Waals surface area contributed by atoms with Crippen LogP contribution in [0.3, 0.4) is 0 Å². The third-order valence-electron chi connectivity index (χ3n) is 8.32. The van der Waals surface area contributed by atoms with E-state index >= 15 is 0 Å². The SMILES string of the molecule is [2H]c1c(-c2ccc(N(c3ccc(-c4ccccc4)cc3)c3ccc(-c4ccccc4)cc3)cc2)c([2H])c2c([2H])c([2H])c(-c3ccccc3)c([2H])c2c1[2H]. The van der Waals surface area contributed by atoms with Gasteiger partial charge < -0.3 is 4.90 Å². The lowest BCUT2D eigenvalue weighted by Crippen LogP contribution is -2.09. The highest BCUT2D eigenvalue weighted by atomic mass is 15.1. The minimum absolute atomic E-state index is 0.0402. The molecule has 0 aliphatic carbocycles. The molecule has 222 valence electrons. The molecule has 0 fully saturated rings. The number of anilines is 3. The highest BCUT2D eigenvalue weighted by Crippen LogP contribution is 2.38. The van der Waals surface area contributed by atoms with E-state index in [0.29, 0.717) is 11.1 Å². The van der Waals surface area contributed by atoms with E-state index in [4.69, 9.17) is 6.85 Å². The maximum Gasteiger partial charge on any atom is 0.0636 e. The van der Waals surface area contributed by atoms with Crippen LogP contribution in [0.1, 0.15) is 8.22 Å². The highest BCUT2D eigenvalue weighted by Gasteiger charge is 2.14. The smallest absolute Gasteiger partial charge is 0.0636 e. The number of rotatable bonds is 7. The minimum atomic E-state index is -0.232. The standard InChI is InChI=1S/C46H33N/c1-4-10-34(11-5-1)37-20-26-44(27-21-37)47(45-28-22-38(23-29-45)35-12-6-2-7-13-35)46-30-24-39(25-31-46)41-17-19-42-32-40(16-18-43(42)33-41)36-14-8-3-9-15-36/h1-33H/i16D,17D,18D,19D,32D,33D. The summed E-state index contributed by atoms with van der Waals surface area (Å²) in [6.45, 7) is 0. The van der Waals surface area contributed by atoms with Crippen molar-refractivity contribution in [3.63, 3.8) is 0 Å². The van der Waals surface area contributed by atoms with E-state index in [-0.39, 0.29) is 58.2 Å². The topological polar surface area (TPSA) is 3.24 Å². The summed E-state index contributed by atoms with van der Waals surface area (Å²) in [7, 11) is 0. The van der Waals surface area contributed by atoms with Gasteiger partial charge in [0.1, 0.15) is 0 Å². The molecule has 8 aromatic rings. The van der Waals surface area contributed by atoms with Crippen LogP contribution in [0.15, 0.2) is 200 Å². The van der Waals surface area contributed by atoms with E-state index in [1.807, 2.05) is 66.7 Å². The fourth-order valence-corrected chi connectivity index (χ4v) is 5.86. The van der Waals surface area contributed by atoms with Gasteiger partial charge in [-0.25, -0.2) is 0 Å². The van der Waals surface area contributed by atoms with Crippen molar-refractivity contribution in [3.8, 4) is 44.5 Å². The maximum absolute atomic E-state index is 9.21. The van der Waals surface area contributed by atoms with Crippen molar-refractivity contribution < 1.29 is 8.22 Å². The van der Waals surface area contributed by atoms with Crippen LogP contribution in [0.4, 0.5) is 17.1 Å². The first-order valence-electron chi connectivity index (χ1n) is 18.6. The van der Waals surface area contributed by atoms with E-state index < -0.39 is 0 Å². The molecule has 0 unspecified atom stereocenters. The first kappa shape index (κ1) is 22.3. The molecule has 0 aliphatic heterocycles. The second-order valence-corrected chi connectivity index (χ2v) is 11.3. The van der Waals surface area contributed by atoms with Crippen LogP contribution >= 0.6 is 0 Å². The van der Waals surface area contributed by atoms with Gasteiger partial charge in [0.15, 0.2) is 0 Å². The Bertz CT molecular complexity index is 2490. The summed E-state index contributed by atoms with van der Waals surface area (Å²) in [6, 6.07) is 52.7. The Balaban J connectivity index is 1.22. The Morgan fingerprint density at radius 1 is 0.277 bits per heavy atom. The maximum atomic E-state index is 9.21. The number of fused-ring (bicyclic) bond motifs is 1. The van der Waals surface area contributed by atoms with E-state index in [1.165, 1.54) is 0 Å². The zero-order chi connectivity index (χ0) is 36.6. The normalized spacial score (nSPS) is 12.8. The van der Waals surface area contributed by atoms with Gasteiger partial charge in [-0.2, -0.15) is 0 Å². The zero-order valence-corrected chi connectivity index (χ0v) is 25.5. The van der Waals surface area contributed by atoms with Crippen molar-refractivity contribution in [1.29, 1.82) is 0 Å². The molecule has 1 heteroatoms. The molecule has 8 rings (SSSR count). The summed E-state index contributed by atoms with van der Waals surface area (Å²) in [5.41, 5.74) is 8.78. The molecule has 0 radical (unpaired) electrons. The van der Waals surface area contributed by atoms with Crippen molar-refractivity contribution in [2.75, 3.05) is 4.90 Å². The molecule has 8 aromatic carbocycles. The van der Waals surface area contributed by atoms with Crippen LogP contribution in [0.2, 0.25) is 0 Å². The Hall–Kier alpha value is -6.18. The Kier molecular flexibility index (Phi) is 6.02. The van der Waals surface area contributed by atoms with Crippen LogP contribution in [0.25, 0.3) is 55.3 Å². The number of hydrogen-bond acceptors (Lipinski definition) is 1. The zero-order valence-electron chi connectivity index (χ0n) is 31.5. The summed E-state index contributed by atoms with van der Waals surface area (Å²) in [6.07, 6.45) is 0. The third kappa shape index (κ3) is 5.95. The van der Waals surface area contributed by atoms with Gasteiger partial charge in [0.25, 0.3) is 0 Å². The van der Waals surface area contributed by atoms with Crippen molar-refractivity contribution in [1.82, 2.24) is 0 Å². The van der Waals surface area contributed by atoms with E-state index in [1.54, 1.807) is 24.3 Å². The number of benzene rings is 8. The molecule has 0 atom stereocenters. The highest BCUT2D eigenvalue weighted by molar-refractivity contribution is 5.91. The Labute approximate surface area is 285 Å². The van der Waals surface area contributed by atoms with Gasteiger partial charge in [-0.1, -0.05) is 152 Å². The molecule has 0 saturated heterocycles. The quantitative estimate of drug-likeness (QED) is 0.175. The van der Waals surface area contributed by atoms with Gasteiger partial charge in [-0.3, -0.25) is 0 Å². The lowest BCUT2D eigenvalue weighted by atomic mass is 9.97. The summed E-state index contributed by atoms with van der Waals surface area (Å²) >= 11 is 0. The van der Waals surface area contributed by atoms with Gasteiger partial charge >= 0.3 is 0 Å². The van der Waals surface area contributed by atoms with Crippen LogP contribution in [0.5, 0.6) is 0 Å². The van der Waals surface area contributed by atoms with E-state index in [0.717, 1.165) is 39.3 Å². The molecule has 0 spiro atoms. The van der Waals surface area contributed by atoms with Crippen LogP contribution < -0.4 is 4.90 Å². The second-order valence-electron chi connectivity index (χ2n) is 11.3. The summed E-state index contributed by atoms with van der Waals surface area (Å²) in [4.78, 5) is 2.15. The third-order valence-corrected chi connectivity index (χ3v) is 8.32. The van der Waals surface area contributed by atoms with Crippen molar-refractivity contribution >= 4 is 27.8 Å². The van der Waals surface area contributed by atoms with E-state index in [9.17, 15) is 1.37 Å². The number of nitrogens with zero attached hydrogens (tertiary/aromatic N) is 1. The predicted octanol–water partition coefficient (Wildman–Crippen LogP) is 13.0. The van der Waals surface area contributed by atoms with E-state index in [2.05, 4.69) is 77.7 Å². The van der Waals surface area contributed by atoms with Crippen molar-refractivity contribution in [3.05, 3.63) is 200 Å². The van der Waals surface area contributed by atoms with Crippen LogP contribution in [-0.2, 0) is 0 Å². The van der Waals surface area contributed by atoms with Crippen LogP contribution in [0, 0.1) is 0 Å². The second kappa shape index (κ2) is 12.7. The monoisotopic (exact) mass is 605 g/mol. The molecule has 0 amide bonds. The molecule has 0 aliphatic rings. The molecule has 0 N–H and O–H groups in total. The summed E-state index contributed by atoms with van der Waals surface area (Å²) in [5, 5.41) is 0.0858.